The second-order valence-corrected chi connectivity index (χ2v) is 4.10. The van der Waals surface area contributed by atoms with E-state index in [0.717, 1.165) is 6.07 Å². The van der Waals surface area contributed by atoms with Crippen LogP contribution >= 0.6 is 23.2 Å². The van der Waals surface area contributed by atoms with E-state index in [9.17, 15) is 13.2 Å². The van der Waals surface area contributed by atoms with Crippen LogP contribution in [0.25, 0.3) is 11.3 Å². The van der Waals surface area contributed by atoms with Crippen LogP contribution < -0.4 is 0 Å². The molecular formula is C11H5Cl2F3O. The number of rotatable bonds is 1. The lowest BCUT2D eigenvalue weighted by Gasteiger charge is -2.12. The summed E-state index contributed by atoms with van der Waals surface area (Å²) in [6.07, 6.45) is -3.21. The van der Waals surface area contributed by atoms with Gasteiger partial charge in [0, 0.05) is 10.6 Å². The number of hydrogen-bond acceptors (Lipinski definition) is 1. The topological polar surface area (TPSA) is 13.1 Å². The van der Waals surface area contributed by atoms with Gasteiger partial charge < -0.3 is 4.42 Å². The van der Waals surface area contributed by atoms with Crippen LogP contribution in [0.2, 0.25) is 10.0 Å². The Labute approximate surface area is 105 Å². The minimum Gasteiger partial charge on any atom is -0.464 e. The summed E-state index contributed by atoms with van der Waals surface area (Å²) in [5, 5.41) is -0.468. The van der Waals surface area contributed by atoms with Crippen LogP contribution in [0.5, 0.6) is 0 Å². The minimum absolute atomic E-state index is 0.0480. The van der Waals surface area contributed by atoms with Gasteiger partial charge >= 0.3 is 6.18 Å². The second-order valence-electron chi connectivity index (χ2n) is 3.29. The highest BCUT2D eigenvalue weighted by Gasteiger charge is 2.35. The van der Waals surface area contributed by atoms with Gasteiger partial charge in [0.2, 0.25) is 0 Å². The van der Waals surface area contributed by atoms with Crippen molar-refractivity contribution in [2.75, 3.05) is 0 Å². The molecule has 0 radical (unpaired) electrons. The van der Waals surface area contributed by atoms with Crippen LogP contribution in [0, 0.1) is 0 Å². The smallest absolute Gasteiger partial charge is 0.417 e. The van der Waals surface area contributed by atoms with Gasteiger partial charge in [-0.1, -0.05) is 23.2 Å². The highest BCUT2D eigenvalue weighted by atomic mass is 35.5. The SMILES string of the molecule is FC(F)(F)c1cc(Cl)cc(-c2ccco2)c1Cl. The Hall–Kier alpha value is -1.13. The molecule has 0 saturated heterocycles. The molecule has 90 valence electrons. The highest BCUT2D eigenvalue weighted by molar-refractivity contribution is 6.36. The first-order valence-electron chi connectivity index (χ1n) is 4.49. The molecule has 0 atom stereocenters. The minimum atomic E-state index is -4.55. The average Bonchev–Trinajstić information content (AvgIpc) is 2.72. The van der Waals surface area contributed by atoms with Gasteiger partial charge in [-0.15, -0.1) is 0 Å². The summed E-state index contributed by atoms with van der Waals surface area (Å²) in [7, 11) is 0. The molecule has 1 heterocycles. The molecule has 2 aromatic rings. The van der Waals surface area contributed by atoms with E-state index >= 15 is 0 Å². The first-order chi connectivity index (χ1) is 7.89. The molecule has 17 heavy (non-hydrogen) atoms. The first kappa shape index (κ1) is 12.3. The first-order valence-corrected chi connectivity index (χ1v) is 5.25. The molecule has 0 bridgehead atoms. The zero-order chi connectivity index (χ0) is 12.6. The highest BCUT2D eigenvalue weighted by Crippen LogP contribution is 2.41. The average molecular weight is 281 g/mol. The third-order valence-corrected chi connectivity index (χ3v) is 2.75. The molecule has 0 aliphatic heterocycles. The summed E-state index contributed by atoms with van der Waals surface area (Å²) in [5.41, 5.74) is -0.852. The fraction of sp³-hybridized carbons (Fsp3) is 0.0909. The van der Waals surface area contributed by atoms with Gasteiger partial charge in [-0.2, -0.15) is 13.2 Å². The Morgan fingerprint density at radius 3 is 2.35 bits per heavy atom. The summed E-state index contributed by atoms with van der Waals surface area (Å²) >= 11 is 11.4. The summed E-state index contributed by atoms with van der Waals surface area (Å²) in [4.78, 5) is 0. The molecule has 1 nitrogen and oxygen atoms in total. The summed E-state index contributed by atoms with van der Waals surface area (Å²) in [6, 6.07) is 5.19. The molecule has 0 saturated carbocycles. The van der Waals surface area contributed by atoms with Crippen LogP contribution in [0.1, 0.15) is 5.56 Å². The lowest BCUT2D eigenvalue weighted by Crippen LogP contribution is -2.06. The Morgan fingerprint density at radius 1 is 1.12 bits per heavy atom. The predicted molar refractivity (Wildman–Crippen MR) is 59.2 cm³/mol. The maximum absolute atomic E-state index is 12.7. The molecule has 0 aliphatic rings. The molecular weight excluding hydrogens is 276 g/mol. The molecule has 2 rings (SSSR count). The molecule has 1 aromatic heterocycles. The van der Waals surface area contributed by atoms with E-state index in [1.807, 2.05) is 0 Å². The maximum atomic E-state index is 12.7. The van der Waals surface area contributed by atoms with Gasteiger partial charge in [-0.3, -0.25) is 0 Å². The van der Waals surface area contributed by atoms with E-state index in [2.05, 4.69) is 0 Å². The van der Waals surface area contributed by atoms with Gasteiger partial charge in [-0.25, -0.2) is 0 Å². The lowest BCUT2D eigenvalue weighted by molar-refractivity contribution is -0.137. The van der Waals surface area contributed by atoms with Crippen molar-refractivity contribution in [1.82, 2.24) is 0 Å². The van der Waals surface area contributed by atoms with E-state index in [-0.39, 0.29) is 16.3 Å². The molecule has 1 aromatic carbocycles. The van der Waals surface area contributed by atoms with Crippen LogP contribution in [0.4, 0.5) is 13.2 Å². The van der Waals surface area contributed by atoms with Crippen molar-refractivity contribution in [3.05, 3.63) is 46.1 Å². The van der Waals surface area contributed by atoms with Crippen LogP contribution in [0.15, 0.2) is 34.9 Å². The molecule has 0 aliphatic carbocycles. The van der Waals surface area contributed by atoms with E-state index < -0.39 is 16.8 Å². The van der Waals surface area contributed by atoms with Crippen LogP contribution in [-0.4, -0.2) is 0 Å². The number of alkyl halides is 3. The monoisotopic (exact) mass is 280 g/mol. The molecule has 0 fully saturated rings. The fourth-order valence-corrected chi connectivity index (χ4v) is 1.93. The van der Waals surface area contributed by atoms with Crippen molar-refractivity contribution in [2.45, 2.75) is 6.18 Å². The summed E-state index contributed by atoms with van der Waals surface area (Å²) < 4.78 is 43.0. The second kappa shape index (κ2) is 4.27. The van der Waals surface area contributed by atoms with Crippen molar-refractivity contribution in [3.63, 3.8) is 0 Å². The van der Waals surface area contributed by atoms with Crippen molar-refractivity contribution in [2.24, 2.45) is 0 Å². The summed E-state index contributed by atoms with van der Waals surface area (Å²) in [5.74, 6) is 0.239. The Morgan fingerprint density at radius 2 is 1.82 bits per heavy atom. The normalized spacial score (nSPS) is 11.8. The van der Waals surface area contributed by atoms with Crippen LogP contribution in [0.3, 0.4) is 0 Å². The predicted octanol–water partition coefficient (Wildman–Crippen LogP) is 5.27. The quantitative estimate of drug-likeness (QED) is 0.693. The number of hydrogen-bond donors (Lipinski definition) is 0. The lowest BCUT2D eigenvalue weighted by atomic mass is 10.1. The Balaban J connectivity index is 2.66. The zero-order valence-corrected chi connectivity index (χ0v) is 9.70. The van der Waals surface area contributed by atoms with E-state index in [4.69, 9.17) is 27.6 Å². The number of halogens is 5. The molecule has 0 unspecified atom stereocenters. The van der Waals surface area contributed by atoms with Crippen molar-refractivity contribution in [1.29, 1.82) is 0 Å². The Kier molecular flexibility index (Phi) is 3.10. The van der Waals surface area contributed by atoms with Crippen molar-refractivity contribution < 1.29 is 17.6 Å². The maximum Gasteiger partial charge on any atom is 0.417 e. The Bertz CT molecular complexity index is 532. The molecule has 0 N–H and O–H groups in total. The zero-order valence-electron chi connectivity index (χ0n) is 8.18. The van der Waals surface area contributed by atoms with Gasteiger partial charge in [0.25, 0.3) is 0 Å². The number of furan rings is 1. The van der Waals surface area contributed by atoms with Gasteiger partial charge in [-0.05, 0) is 24.3 Å². The van der Waals surface area contributed by atoms with Gasteiger partial charge in [0.15, 0.2) is 0 Å². The van der Waals surface area contributed by atoms with E-state index in [1.165, 1.54) is 18.4 Å². The number of benzene rings is 1. The van der Waals surface area contributed by atoms with E-state index in [1.54, 1.807) is 6.07 Å². The molecule has 0 amide bonds. The standard InChI is InChI=1S/C11H5Cl2F3O/c12-6-4-7(9-2-1-3-17-9)10(13)8(5-6)11(14,15)16/h1-5H. The van der Waals surface area contributed by atoms with E-state index in [0.29, 0.717) is 0 Å². The molecule has 6 heteroatoms. The fourth-order valence-electron chi connectivity index (χ4n) is 1.41. The third kappa shape index (κ3) is 2.42. The van der Waals surface area contributed by atoms with Crippen molar-refractivity contribution in [3.8, 4) is 11.3 Å². The molecule has 0 spiro atoms. The van der Waals surface area contributed by atoms with Gasteiger partial charge in [0.1, 0.15) is 5.76 Å². The third-order valence-electron chi connectivity index (χ3n) is 2.13. The van der Waals surface area contributed by atoms with Crippen molar-refractivity contribution >= 4 is 23.2 Å². The van der Waals surface area contributed by atoms with Crippen LogP contribution in [-0.2, 0) is 6.18 Å². The van der Waals surface area contributed by atoms with Gasteiger partial charge in [0.05, 0.1) is 16.8 Å². The summed E-state index contributed by atoms with van der Waals surface area (Å²) in [6.45, 7) is 0. The largest absolute Gasteiger partial charge is 0.464 e.